The lowest BCUT2D eigenvalue weighted by Crippen LogP contribution is -1.99. The molecule has 2 rings (SSSR count). The molecular formula is C9H9N3O2S. The molecule has 0 radical (unpaired) electrons. The average Bonchev–Trinajstić information content (AvgIpc) is 2.72. The zero-order chi connectivity index (χ0) is 10.8. The third kappa shape index (κ3) is 2.04. The average molecular weight is 223 g/mol. The fourth-order valence-electron chi connectivity index (χ4n) is 1.26. The van der Waals surface area contributed by atoms with Crippen molar-refractivity contribution in [3.63, 3.8) is 0 Å². The normalized spacial score (nSPS) is 10.5. The number of hydrogen-bond acceptors (Lipinski definition) is 4. The van der Waals surface area contributed by atoms with E-state index in [1.54, 1.807) is 10.9 Å². The van der Waals surface area contributed by atoms with E-state index in [-0.39, 0.29) is 6.42 Å². The van der Waals surface area contributed by atoms with Crippen molar-refractivity contribution < 1.29 is 9.90 Å². The van der Waals surface area contributed by atoms with Gasteiger partial charge >= 0.3 is 5.97 Å². The van der Waals surface area contributed by atoms with Crippen molar-refractivity contribution in [2.45, 2.75) is 6.42 Å². The Morgan fingerprint density at radius 1 is 1.67 bits per heavy atom. The SMILES string of the molecule is Cn1nccc1-c1csc(CC(=O)O)n1. The summed E-state index contributed by atoms with van der Waals surface area (Å²) in [5.41, 5.74) is 1.67. The van der Waals surface area contributed by atoms with Crippen LogP contribution in [0.4, 0.5) is 0 Å². The van der Waals surface area contributed by atoms with Crippen molar-refractivity contribution in [2.24, 2.45) is 7.05 Å². The first kappa shape index (κ1) is 9.85. The molecule has 78 valence electrons. The summed E-state index contributed by atoms with van der Waals surface area (Å²) in [5.74, 6) is -0.860. The molecule has 0 fully saturated rings. The van der Waals surface area contributed by atoms with E-state index in [0.717, 1.165) is 11.4 Å². The highest BCUT2D eigenvalue weighted by Gasteiger charge is 2.09. The van der Waals surface area contributed by atoms with Crippen LogP contribution < -0.4 is 0 Å². The lowest BCUT2D eigenvalue weighted by Gasteiger charge is -1.95. The summed E-state index contributed by atoms with van der Waals surface area (Å²) < 4.78 is 1.71. The van der Waals surface area contributed by atoms with E-state index in [9.17, 15) is 4.79 Å². The lowest BCUT2D eigenvalue weighted by atomic mass is 10.3. The standard InChI is InChI=1S/C9H9N3O2S/c1-12-7(2-3-10-12)6-5-15-8(11-6)4-9(13)14/h2-3,5H,4H2,1H3,(H,13,14). The van der Waals surface area contributed by atoms with Crippen molar-refractivity contribution >= 4 is 17.3 Å². The van der Waals surface area contributed by atoms with Gasteiger partial charge < -0.3 is 5.11 Å². The second-order valence-corrected chi connectivity index (χ2v) is 3.98. The fraction of sp³-hybridized carbons (Fsp3) is 0.222. The number of rotatable bonds is 3. The summed E-state index contributed by atoms with van der Waals surface area (Å²) in [6.45, 7) is 0. The molecule has 0 aliphatic carbocycles. The van der Waals surface area contributed by atoms with E-state index in [0.29, 0.717) is 5.01 Å². The maximum atomic E-state index is 10.5. The van der Waals surface area contributed by atoms with Crippen molar-refractivity contribution in [2.75, 3.05) is 0 Å². The topological polar surface area (TPSA) is 68.0 Å². The van der Waals surface area contributed by atoms with Gasteiger partial charge in [-0.1, -0.05) is 0 Å². The van der Waals surface area contributed by atoms with Crippen LogP contribution in [0.3, 0.4) is 0 Å². The largest absolute Gasteiger partial charge is 0.481 e. The van der Waals surface area contributed by atoms with Gasteiger partial charge in [-0.2, -0.15) is 5.10 Å². The highest BCUT2D eigenvalue weighted by atomic mass is 32.1. The van der Waals surface area contributed by atoms with E-state index in [2.05, 4.69) is 10.1 Å². The third-order valence-electron chi connectivity index (χ3n) is 1.94. The molecule has 0 saturated heterocycles. The Bertz CT molecular complexity index is 489. The molecule has 0 saturated carbocycles. The van der Waals surface area contributed by atoms with Gasteiger partial charge in [-0.3, -0.25) is 9.48 Å². The van der Waals surface area contributed by atoms with Gasteiger partial charge in [0.1, 0.15) is 5.01 Å². The highest BCUT2D eigenvalue weighted by molar-refractivity contribution is 7.10. The van der Waals surface area contributed by atoms with Gasteiger partial charge in [-0.25, -0.2) is 4.98 Å². The summed E-state index contributed by atoms with van der Waals surface area (Å²) in [7, 11) is 1.82. The predicted octanol–water partition coefficient (Wildman–Crippen LogP) is 1.17. The van der Waals surface area contributed by atoms with Gasteiger partial charge in [0.25, 0.3) is 0 Å². The van der Waals surface area contributed by atoms with Crippen LogP contribution >= 0.6 is 11.3 Å². The van der Waals surface area contributed by atoms with Crippen LogP contribution in [0.25, 0.3) is 11.4 Å². The summed E-state index contributed by atoms with van der Waals surface area (Å²) in [5, 5.41) is 15.1. The summed E-state index contributed by atoms with van der Waals surface area (Å²) in [4.78, 5) is 14.7. The third-order valence-corrected chi connectivity index (χ3v) is 2.79. The zero-order valence-electron chi connectivity index (χ0n) is 8.04. The highest BCUT2D eigenvalue weighted by Crippen LogP contribution is 2.21. The number of aryl methyl sites for hydroxylation is 1. The Labute approximate surface area is 90.0 Å². The van der Waals surface area contributed by atoms with E-state index in [1.165, 1.54) is 11.3 Å². The maximum absolute atomic E-state index is 10.5. The number of aliphatic carboxylic acids is 1. The maximum Gasteiger partial charge on any atom is 0.310 e. The first-order chi connectivity index (χ1) is 7.16. The number of carboxylic acids is 1. The van der Waals surface area contributed by atoms with E-state index in [1.807, 2.05) is 18.5 Å². The second-order valence-electron chi connectivity index (χ2n) is 3.04. The molecule has 6 heteroatoms. The molecule has 2 heterocycles. The molecule has 0 bridgehead atoms. The number of hydrogen-bond donors (Lipinski definition) is 1. The molecule has 15 heavy (non-hydrogen) atoms. The summed E-state index contributed by atoms with van der Waals surface area (Å²) >= 11 is 1.35. The summed E-state index contributed by atoms with van der Waals surface area (Å²) in [6.07, 6.45) is 1.66. The van der Waals surface area contributed by atoms with Crippen LogP contribution in [0, 0.1) is 0 Å². The van der Waals surface area contributed by atoms with Gasteiger partial charge in [-0.05, 0) is 6.07 Å². The molecule has 5 nitrogen and oxygen atoms in total. The zero-order valence-corrected chi connectivity index (χ0v) is 8.86. The molecule has 0 aliphatic rings. The van der Waals surface area contributed by atoms with Crippen LogP contribution in [0.2, 0.25) is 0 Å². The van der Waals surface area contributed by atoms with Gasteiger partial charge in [-0.15, -0.1) is 11.3 Å². The molecule has 0 aromatic carbocycles. The van der Waals surface area contributed by atoms with E-state index >= 15 is 0 Å². The molecule has 2 aromatic heterocycles. The quantitative estimate of drug-likeness (QED) is 0.848. The number of carboxylic acid groups (broad SMARTS) is 1. The van der Waals surface area contributed by atoms with Crippen LogP contribution in [0.15, 0.2) is 17.6 Å². The van der Waals surface area contributed by atoms with Crippen molar-refractivity contribution in [3.05, 3.63) is 22.7 Å². The van der Waals surface area contributed by atoms with Gasteiger partial charge in [0, 0.05) is 18.6 Å². The van der Waals surface area contributed by atoms with Crippen LogP contribution in [0.5, 0.6) is 0 Å². The van der Waals surface area contributed by atoms with E-state index in [4.69, 9.17) is 5.11 Å². The van der Waals surface area contributed by atoms with Gasteiger partial charge in [0.15, 0.2) is 0 Å². The molecule has 0 spiro atoms. The minimum absolute atomic E-state index is 0.0253. The number of thiazole rings is 1. The fourth-order valence-corrected chi connectivity index (χ4v) is 2.04. The number of nitrogens with zero attached hydrogens (tertiary/aromatic N) is 3. The smallest absolute Gasteiger partial charge is 0.310 e. The van der Waals surface area contributed by atoms with Crippen molar-refractivity contribution in [3.8, 4) is 11.4 Å². The first-order valence-corrected chi connectivity index (χ1v) is 5.19. The predicted molar refractivity (Wildman–Crippen MR) is 55.7 cm³/mol. The molecule has 0 amide bonds. The Hall–Kier alpha value is -1.69. The number of aromatic nitrogens is 3. The van der Waals surface area contributed by atoms with Gasteiger partial charge in [0.05, 0.1) is 17.8 Å². The Morgan fingerprint density at radius 3 is 3.07 bits per heavy atom. The molecule has 2 aromatic rings. The molecule has 0 atom stereocenters. The van der Waals surface area contributed by atoms with Crippen LogP contribution in [0.1, 0.15) is 5.01 Å². The minimum Gasteiger partial charge on any atom is -0.481 e. The molecule has 0 unspecified atom stereocenters. The monoisotopic (exact) mass is 223 g/mol. The molecular weight excluding hydrogens is 214 g/mol. The molecule has 1 N–H and O–H groups in total. The van der Waals surface area contributed by atoms with Crippen molar-refractivity contribution in [1.29, 1.82) is 0 Å². The van der Waals surface area contributed by atoms with Crippen LogP contribution in [-0.4, -0.2) is 25.8 Å². The first-order valence-electron chi connectivity index (χ1n) is 4.31. The van der Waals surface area contributed by atoms with Gasteiger partial charge in [0.2, 0.25) is 0 Å². The Kier molecular flexibility index (Phi) is 2.51. The Balaban J connectivity index is 2.28. The lowest BCUT2D eigenvalue weighted by molar-refractivity contribution is -0.136. The second kappa shape index (κ2) is 3.82. The number of carbonyl (C=O) groups is 1. The van der Waals surface area contributed by atoms with E-state index < -0.39 is 5.97 Å². The van der Waals surface area contributed by atoms with Crippen LogP contribution in [-0.2, 0) is 18.3 Å². The van der Waals surface area contributed by atoms with Crippen molar-refractivity contribution in [1.82, 2.24) is 14.8 Å². The molecule has 0 aliphatic heterocycles. The summed E-state index contributed by atoms with van der Waals surface area (Å²) in [6, 6.07) is 1.85. The Morgan fingerprint density at radius 2 is 2.47 bits per heavy atom. The minimum atomic E-state index is -0.860.